The van der Waals surface area contributed by atoms with Gasteiger partial charge in [0.1, 0.15) is 19.1 Å². The van der Waals surface area contributed by atoms with Gasteiger partial charge in [0, 0.05) is 13.2 Å². The molecule has 0 bridgehead atoms. The van der Waals surface area contributed by atoms with E-state index in [-0.39, 0.29) is 12.5 Å². The number of quaternary nitrogens is 1. The van der Waals surface area contributed by atoms with Crippen LogP contribution < -0.4 is 10.6 Å². The predicted octanol–water partition coefficient (Wildman–Crippen LogP) is 9.83. The van der Waals surface area contributed by atoms with Gasteiger partial charge in [-0.15, -0.1) is 0 Å². The zero-order valence-electron chi connectivity index (χ0n) is 32.9. The van der Waals surface area contributed by atoms with E-state index in [9.17, 15) is 9.90 Å². The zero-order chi connectivity index (χ0) is 35.7. The summed E-state index contributed by atoms with van der Waals surface area (Å²) in [6.07, 6.45) is 45.9. The Labute approximate surface area is 305 Å². The number of nitrogens with two attached hydrogens (primary N) is 1. The Morgan fingerprint density at radius 2 is 0.816 bits per heavy atom. The molecule has 0 fully saturated rings. The largest absolute Gasteiger partial charge is 0.394 e. The minimum absolute atomic E-state index is 0.149. The number of amides is 1. The van der Waals surface area contributed by atoms with Crippen molar-refractivity contribution in [2.75, 3.05) is 46.1 Å². The van der Waals surface area contributed by atoms with Crippen LogP contribution in [0, 0.1) is 0 Å². The molecule has 0 saturated heterocycles. The van der Waals surface area contributed by atoms with Gasteiger partial charge < -0.3 is 20.3 Å². The van der Waals surface area contributed by atoms with Crippen molar-refractivity contribution in [3.8, 4) is 0 Å². The molecule has 0 radical (unpaired) electrons. The number of carbonyl (C=O) groups is 1. The standard InChI is InChI=1S/C43H84N2O4/c1-3-5-7-9-11-13-15-17-19-21-23-25-27-29-31-33-37-48-39-35-45(43(47)42(44)41-46)36-40-49-38-34-32-30-28-26-24-22-20-18-16-14-12-10-8-6-4-2/h17-20,42,46H,3-16,21-41,44H2,1-2H3/p+1/b19-17-,20-18-/t42-/m0/s1. The highest BCUT2D eigenvalue weighted by atomic mass is 16.5. The molecule has 1 atom stereocenters. The van der Waals surface area contributed by atoms with E-state index in [1.54, 1.807) is 0 Å². The lowest BCUT2D eigenvalue weighted by atomic mass is 10.1. The summed E-state index contributed by atoms with van der Waals surface area (Å²) in [6, 6.07) is -0.846. The molecule has 6 nitrogen and oxygen atoms in total. The summed E-state index contributed by atoms with van der Waals surface area (Å²) < 4.78 is 11.7. The number of hydrogen-bond donors (Lipinski definition) is 3. The normalized spacial score (nSPS) is 12.7. The second-order valence-corrected chi connectivity index (χ2v) is 14.4. The number of hydrogen-bond acceptors (Lipinski definition) is 5. The summed E-state index contributed by atoms with van der Waals surface area (Å²) in [5.41, 5.74) is 5.86. The maximum Gasteiger partial charge on any atom is 0.331 e. The highest BCUT2D eigenvalue weighted by Gasteiger charge is 2.25. The van der Waals surface area contributed by atoms with E-state index in [2.05, 4.69) is 38.2 Å². The number of rotatable bonds is 40. The van der Waals surface area contributed by atoms with Gasteiger partial charge in [-0.3, -0.25) is 4.90 Å². The fourth-order valence-corrected chi connectivity index (χ4v) is 6.21. The van der Waals surface area contributed by atoms with E-state index in [1.807, 2.05) is 0 Å². The van der Waals surface area contributed by atoms with Crippen molar-refractivity contribution in [3.63, 3.8) is 0 Å². The molecule has 4 N–H and O–H groups in total. The van der Waals surface area contributed by atoms with E-state index in [1.165, 1.54) is 167 Å². The van der Waals surface area contributed by atoms with E-state index >= 15 is 0 Å². The molecular weight excluding hydrogens is 608 g/mol. The van der Waals surface area contributed by atoms with Crippen molar-refractivity contribution in [2.24, 2.45) is 5.73 Å². The van der Waals surface area contributed by atoms with Crippen LogP contribution in [0.4, 0.5) is 0 Å². The lowest BCUT2D eigenvalue weighted by Crippen LogP contribution is -3.17. The molecule has 0 spiro atoms. The number of unbranched alkanes of at least 4 members (excludes halogenated alkanes) is 24. The molecule has 1 amide bonds. The van der Waals surface area contributed by atoms with Crippen molar-refractivity contribution in [2.45, 2.75) is 200 Å². The Morgan fingerprint density at radius 1 is 0.510 bits per heavy atom. The number of carbonyl (C=O) groups excluding carboxylic acids is 1. The number of aliphatic hydroxyl groups excluding tert-OH is 1. The van der Waals surface area contributed by atoms with Gasteiger partial charge in [-0.25, -0.2) is 4.79 Å². The molecule has 0 aliphatic carbocycles. The Morgan fingerprint density at radius 3 is 1.14 bits per heavy atom. The highest BCUT2D eigenvalue weighted by molar-refractivity contribution is 5.73. The summed E-state index contributed by atoms with van der Waals surface area (Å²) in [4.78, 5) is 13.4. The molecule has 0 aliphatic heterocycles. The minimum atomic E-state index is -0.846. The van der Waals surface area contributed by atoms with Gasteiger partial charge in [-0.1, -0.05) is 154 Å². The first-order chi connectivity index (χ1) is 24.2. The number of nitrogens with one attached hydrogen (secondary N) is 1. The summed E-state index contributed by atoms with van der Waals surface area (Å²) in [7, 11) is 0. The van der Waals surface area contributed by atoms with Gasteiger partial charge in [0.2, 0.25) is 0 Å². The van der Waals surface area contributed by atoms with Crippen molar-refractivity contribution in [3.05, 3.63) is 24.3 Å². The monoisotopic (exact) mass is 694 g/mol. The second-order valence-electron chi connectivity index (χ2n) is 14.4. The molecule has 0 aliphatic rings. The van der Waals surface area contributed by atoms with Crippen LogP contribution in [0.3, 0.4) is 0 Å². The Kier molecular flexibility index (Phi) is 40.5. The summed E-state index contributed by atoms with van der Waals surface area (Å²) >= 11 is 0. The number of aliphatic hydroxyl groups is 1. The first kappa shape index (κ1) is 48.0. The predicted molar refractivity (Wildman–Crippen MR) is 211 cm³/mol. The smallest absolute Gasteiger partial charge is 0.331 e. The molecule has 290 valence electrons. The average Bonchev–Trinajstić information content (AvgIpc) is 3.11. The summed E-state index contributed by atoms with van der Waals surface area (Å²) in [6.45, 7) is 7.88. The fourth-order valence-electron chi connectivity index (χ4n) is 6.21. The molecule has 0 unspecified atom stereocenters. The van der Waals surface area contributed by atoms with Crippen molar-refractivity contribution >= 4 is 5.91 Å². The molecular formula is C43H85N2O4+. The van der Waals surface area contributed by atoms with Gasteiger partial charge in [-0.2, -0.15) is 0 Å². The molecule has 49 heavy (non-hydrogen) atoms. The topological polar surface area (TPSA) is 86.2 Å². The van der Waals surface area contributed by atoms with Gasteiger partial charge >= 0.3 is 5.91 Å². The number of allylic oxidation sites excluding steroid dienone is 4. The van der Waals surface area contributed by atoms with Crippen molar-refractivity contribution < 1.29 is 24.3 Å². The maximum absolute atomic E-state index is 12.7. The SMILES string of the molecule is CCCCCCCC/C=C\CCCCCCCCOCC[NH+](CCOCCCCCCCC/C=C\CCCCCCCC)C(=O)[C@@H](N)CO. The van der Waals surface area contributed by atoms with E-state index in [0.29, 0.717) is 26.3 Å². The van der Waals surface area contributed by atoms with Crippen LogP contribution in [-0.2, 0) is 14.3 Å². The third-order valence-electron chi connectivity index (χ3n) is 9.58. The quantitative estimate of drug-likeness (QED) is 0.0440. The van der Waals surface area contributed by atoms with Crippen LogP contribution in [0.1, 0.15) is 194 Å². The third kappa shape index (κ3) is 36.5. The first-order valence-electron chi connectivity index (χ1n) is 21.4. The Bertz CT molecular complexity index is 666. The molecule has 0 rings (SSSR count). The lowest BCUT2D eigenvalue weighted by molar-refractivity contribution is -0.822. The minimum Gasteiger partial charge on any atom is -0.394 e. The van der Waals surface area contributed by atoms with E-state index in [4.69, 9.17) is 15.2 Å². The number of ether oxygens (including phenoxy) is 2. The fraction of sp³-hybridized carbons (Fsp3) is 0.884. The van der Waals surface area contributed by atoms with E-state index in [0.717, 1.165) is 31.0 Å². The summed E-state index contributed by atoms with van der Waals surface area (Å²) in [5.74, 6) is -0.149. The van der Waals surface area contributed by atoms with Gasteiger partial charge in [0.25, 0.3) is 0 Å². The average molecular weight is 694 g/mol. The van der Waals surface area contributed by atoms with Crippen LogP contribution in [0.25, 0.3) is 0 Å². The maximum atomic E-state index is 12.7. The van der Waals surface area contributed by atoms with Crippen LogP contribution in [0.5, 0.6) is 0 Å². The van der Waals surface area contributed by atoms with Crippen molar-refractivity contribution in [1.82, 2.24) is 0 Å². The van der Waals surface area contributed by atoms with Gasteiger partial charge in [0.15, 0.2) is 0 Å². The third-order valence-corrected chi connectivity index (χ3v) is 9.58. The zero-order valence-corrected chi connectivity index (χ0v) is 32.9. The Hall–Kier alpha value is -1.05. The first-order valence-corrected chi connectivity index (χ1v) is 21.4. The van der Waals surface area contributed by atoms with Gasteiger partial charge in [0.05, 0.1) is 19.8 Å². The molecule has 0 heterocycles. The molecule has 0 aromatic rings. The molecule has 0 aromatic carbocycles. The van der Waals surface area contributed by atoms with Crippen LogP contribution >= 0.6 is 0 Å². The van der Waals surface area contributed by atoms with E-state index < -0.39 is 6.04 Å². The molecule has 0 saturated carbocycles. The van der Waals surface area contributed by atoms with Crippen LogP contribution in [-0.4, -0.2) is 63.2 Å². The second kappa shape index (κ2) is 41.4. The van der Waals surface area contributed by atoms with Gasteiger partial charge in [-0.05, 0) is 64.2 Å². The van der Waals surface area contributed by atoms with Crippen LogP contribution in [0.15, 0.2) is 24.3 Å². The lowest BCUT2D eigenvalue weighted by Gasteiger charge is -2.19. The molecule has 0 aromatic heterocycles. The van der Waals surface area contributed by atoms with Crippen LogP contribution in [0.2, 0.25) is 0 Å². The summed E-state index contributed by atoms with van der Waals surface area (Å²) in [5, 5.41) is 9.39. The molecule has 6 heteroatoms. The Balaban J connectivity index is 3.70. The van der Waals surface area contributed by atoms with Crippen molar-refractivity contribution in [1.29, 1.82) is 0 Å². The highest BCUT2D eigenvalue weighted by Crippen LogP contribution is 2.11.